The van der Waals surface area contributed by atoms with Gasteiger partial charge in [-0.3, -0.25) is 0 Å². The summed E-state index contributed by atoms with van der Waals surface area (Å²) in [6, 6.07) is 4.11. The Balaban J connectivity index is 2.07. The van der Waals surface area contributed by atoms with Crippen molar-refractivity contribution in [1.29, 1.82) is 0 Å². The summed E-state index contributed by atoms with van der Waals surface area (Å²) in [5, 5.41) is 3.13. The molecule has 2 unspecified atom stereocenters. The molecule has 1 aliphatic carbocycles. The minimum atomic E-state index is -0.827. The third-order valence-corrected chi connectivity index (χ3v) is 2.84. The molecule has 0 spiro atoms. The largest absolute Gasteiger partial charge is 0.381 e. The van der Waals surface area contributed by atoms with Crippen LogP contribution in [0.3, 0.4) is 0 Å². The Bertz CT molecular complexity index is 354. The minimum absolute atomic E-state index is 0.109. The molecular formula is C11H14F2N2. The highest BCUT2D eigenvalue weighted by Crippen LogP contribution is 2.22. The second kappa shape index (κ2) is 4.14. The minimum Gasteiger partial charge on any atom is -0.381 e. The summed E-state index contributed by atoms with van der Waals surface area (Å²) in [5.74, 6) is -1.65. The molecule has 4 heteroatoms. The van der Waals surface area contributed by atoms with Crippen LogP contribution in [-0.4, -0.2) is 12.1 Å². The van der Waals surface area contributed by atoms with Crippen molar-refractivity contribution in [2.24, 2.45) is 5.73 Å². The van der Waals surface area contributed by atoms with Crippen LogP contribution < -0.4 is 11.1 Å². The molecule has 1 aromatic rings. The van der Waals surface area contributed by atoms with Crippen LogP contribution in [0.4, 0.5) is 14.5 Å². The molecule has 0 saturated heterocycles. The zero-order chi connectivity index (χ0) is 10.8. The Morgan fingerprint density at radius 2 is 2.00 bits per heavy atom. The lowest BCUT2D eigenvalue weighted by Crippen LogP contribution is -2.35. The van der Waals surface area contributed by atoms with Gasteiger partial charge in [-0.25, -0.2) is 8.78 Å². The number of halogens is 2. The Kier molecular flexibility index (Phi) is 2.86. The molecule has 2 atom stereocenters. The van der Waals surface area contributed by atoms with Gasteiger partial charge in [-0.1, -0.05) is 0 Å². The summed E-state index contributed by atoms with van der Waals surface area (Å²) in [4.78, 5) is 0. The van der Waals surface area contributed by atoms with E-state index in [1.165, 1.54) is 12.1 Å². The molecule has 2 rings (SSSR count). The van der Waals surface area contributed by atoms with Gasteiger partial charge in [0.05, 0.1) is 0 Å². The van der Waals surface area contributed by atoms with Gasteiger partial charge in [0.25, 0.3) is 0 Å². The first-order valence-electron chi connectivity index (χ1n) is 5.14. The predicted octanol–water partition coefficient (Wildman–Crippen LogP) is 2.26. The summed E-state index contributed by atoms with van der Waals surface area (Å²) in [5.41, 5.74) is 6.46. The molecule has 1 aliphatic rings. The van der Waals surface area contributed by atoms with E-state index < -0.39 is 11.6 Å². The molecule has 2 nitrogen and oxygen atoms in total. The van der Waals surface area contributed by atoms with E-state index in [4.69, 9.17) is 5.73 Å². The fourth-order valence-electron chi connectivity index (χ4n) is 1.97. The van der Waals surface area contributed by atoms with Crippen LogP contribution >= 0.6 is 0 Å². The smallest absolute Gasteiger partial charge is 0.160 e. The zero-order valence-corrected chi connectivity index (χ0v) is 8.34. The lowest BCUT2D eigenvalue weighted by atomic mass is 10.1. The number of hydrogen-bond donors (Lipinski definition) is 2. The molecule has 15 heavy (non-hydrogen) atoms. The summed E-state index contributed by atoms with van der Waals surface area (Å²) in [6.07, 6.45) is 3.06. The SMILES string of the molecule is NC1CCCC1Nc1ccc(F)c(F)c1. The van der Waals surface area contributed by atoms with Crippen molar-refractivity contribution in [2.75, 3.05) is 5.32 Å². The summed E-state index contributed by atoms with van der Waals surface area (Å²) in [7, 11) is 0. The van der Waals surface area contributed by atoms with Crippen molar-refractivity contribution in [1.82, 2.24) is 0 Å². The number of benzene rings is 1. The number of hydrogen-bond acceptors (Lipinski definition) is 2. The molecule has 3 N–H and O–H groups in total. The first-order valence-corrected chi connectivity index (χ1v) is 5.14. The molecule has 0 aliphatic heterocycles. The second-order valence-corrected chi connectivity index (χ2v) is 3.97. The first-order chi connectivity index (χ1) is 7.16. The van der Waals surface area contributed by atoms with E-state index in [2.05, 4.69) is 5.32 Å². The molecule has 0 heterocycles. The van der Waals surface area contributed by atoms with E-state index in [1.807, 2.05) is 0 Å². The fraction of sp³-hybridized carbons (Fsp3) is 0.455. The zero-order valence-electron chi connectivity index (χ0n) is 8.34. The molecule has 0 amide bonds. The van der Waals surface area contributed by atoms with Gasteiger partial charge in [-0.2, -0.15) is 0 Å². The summed E-state index contributed by atoms with van der Waals surface area (Å²) in [6.45, 7) is 0. The van der Waals surface area contributed by atoms with E-state index in [0.717, 1.165) is 25.3 Å². The number of nitrogens with one attached hydrogen (secondary N) is 1. The second-order valence-electron chi connectivity index (χ2n) is 3.97. The van der Waals surface area contributed by atoms with Crippen LogP contribution in [0.5, 0.6) is 0 Å². The van der Waals surface area contributed by atoms with Gasteiger partial charge in [-0.15, -0.1) is 0 Å². The molecule has 1 saturated carbocycles. The van der Waals surface area contributed by atoms with Gasteiger partial charge < -0.3 is 11.1 Å². The molecule has 0 bridgehead atoms. The van der Waals surface area contributed by atoms with Gasteiger partial charge in [-0.05, 0) is 31.4 Å². The Morgan fingerprint density at radius 1 is 1.20 bits per heavy atom. The highest BCUT2D eigenvalue weighted by atomic mass is 19.2. The highest BCUT2D eigenvalue weighted by molar-refractivity contribution is 5.45. The predicted molar refractivity (Wildman–Crippen MR) is 55.6 cm³/mol. The Morgan fingerprint density at radius 3 is 2.60 bits per heavy atom. The van der Waals surface area contributed by atoms with Gasteiger partial charge >= 0.3 is 0 Å². The van der Waals surface area contributed by atoms with Gasteiger partial charge in [0.15, 0.2) is 11.6 Å². The van der Waals surface area contributed by atoms with Crippen molar-refractivity contribution in [3.63, 3.8) is 0 Å². The summed E-state index contributed by atoms with van der Waals surface area (Å²) >= 11 is 0. The van der Waals surface area contributed by atoms with Crippen LogP contribution in [0.2, 0.25) is 0 Å². The van der Waals surface area contributed by atoms with Crippen molar-refractivity contribution >= 4 is 5.69 Å². The average molecular weight is 212 g/mol. The van der Waals surface area contributed by atoms with Gasteiger partial charge in [0.1, 0.15) is 0 Å². The maximum atomic E-state index is 12.9. The van der Waals surface area contributed by atoms with E-state index in [0.29, 0.717) is 5.69 Å². The monoisotopic (exact) mass is 212 g/mol. The van der Waals surface area contributed by atoms with E-state index in [1.54, 1.807) is 0 Å². The molecule has 0 radical (unpaired) electrons. The molecule has 82 valence electrons. The number of nitrogens with two attached hydrogens (primary N) is 1. The maximum absolute atomic E-state index is 12.9. The van der Waals surface area contributed by atoms with Crippen LogP contribution in [0.25, 0.3) is 0 Å². The molecule has 0 aromatic heterocycles. The van der Waals surface area contributed by atoms with E-state index >= 15 is 0 Å². The van der Waals surface area contributed by atoms with Crippen molar-refractivity contribution in [3.8, 4) is 0 Å². The number of rotatable bonds is 2. The van der Waals surface area contributed by atoms with Crippen molar-refractivity contribution in [3.05, 3.63) is 29.8 Å². The van der Waals surface area contributed by atoms with Gasteiger partial charge in [0.2, 0.25) is 0 Å². The standard InChI is InChI=1S/C11H14F2N2/c12-8-5-4-7(6-9(8)13)15-11-3-1-2-10(11)14/h4-6,10-11,15H,1-3,14H2. The molecule has 1 aromatic carbocycles. The lowest BCUT2D eigenvalue weighted by Gasteiger charge is -2.18. The van der Waals surface area contributed by atoms with E-state index in [9.17, 15) is 8.78 Å². The van der Waals surface area contributed by atoms with Crippen molar-refractivity contribution < 1.29 is 8.78 Å². The normalized spacial score (nSPS) is 25.5. The Hall–Kier alpha value is -1.16. The third kappa shape index (κ3) is 2.26. The molecular weight excluding hydrogens is 198 g/mol. The topological polar surface area (TPSA) is 38.0 Å². The number of anilines is 1. The first kappa shape index (κ1) is 10.4. The lowest BCUT2D eigenvalue weighted by molar-refractivity contribution is 0.508. The molecule has 1 fully saturated rings. The van der Waals surface area contributed by atoms with Crippen LogP contribution in [0.1, 0.15) is 19.3 Å². The fourth-order valence-corrected chi connectivity index (χ4v) is 1.97. The third-order valence-electron chi connectivity index (χ3n) is 2.84. The van der Waals surface area contributed by atoms with E-state index in [-0.39, 0.29) is 12.1 Å². The quantitative estimate of drug-likeness (QED) is 0.789. The van der Waals surface area contributed by atoms with Crippen LogP contribution in [-0.2, 0) is 0 Å². The van der Waals surface area contributed by atoms with Crippen molar-refractivity contribution in [2.45, 2.75) is 31.3 Å². The average Bonchev–Trinajstić information content (AvgIpc) is 2.59. The summed E-state index contributed by atoms with van der Waals surface area (Å²) < 4.78 is 25.6. The van der Waals surface area contributed by atoms with Gasteiger partial charge in [0, 0.05) is 23.8 Å². The maximum Gasteiger partial charge on any atom is 0.160 e. The highest BCUT2D eigenvalue weighted by Gasteiger charge is 2.23. The Labute approximate surface area is 87.5 Å². The van der Waals surface area contributed by atoms with Crippen LogP contribution in [0, 0.1) is 11.6 Å². The van der Waals surface area contributed by atoms with Crippen LogP contribution in [0.15, 0.2) is 18.2 Å².